The molecule has 0 aliphatic carbocycles. The molecule has 5 rings (SSSR count). The number of pyridine rings is 1. The van der Waals surface area contributed by atoms with E-state index < -0.39 is 0 Å². The van der Waals surface area contributed by atoms with E-state index in [0.717, 1.165) is 36.7 Å². The Balaban J connectivity index is 1.21. The van der Waals surface area contributed by atoms with E-state index in [4.69, 9.17) is 0 Å². The van der Waals surface area contributed by atoms with Gasteiger partial charge < -0.3 is 10.2 Å². The van der Waals surface area contributed by atoms with Gasteiger partial charge in [-0.2, -0.15) is 0 Å². The number of para-hydroxylation sites is 1. The van der Waals surface area contributed by atoms with Crippen molar-refractivity contribution in [3.63, 3.8) is 0 Å². The SMILES string of the molecule is Cn1c(NCC2CN(c3ccc(-c4ccncc4)nn3)C2)nc2ccccc2c1=O. The molecule has 1 fully saturated rings. The molecule has 8 heteroatoms. The lowest BCUT2D eigenvalue weighted by Gasteiger charge is -2.40. The summed E-state index contributed by atoms with van der Waals surface area (Å²) < 4.78 is 1.57. The van der Waals surface area contributed by atoms with Crippen molar-refractivity contribution in [1.29, 1.82) is 0 Å². The highest BCUT2D eigenvalue weighted by Gasteiger charge is 2.28. The van der Waals surface area contributed by atoms with Crippen LogP contribution in [0, 0.1) is 5.92 Å². The van der Waals surface area contributed by atoms with Crippen molar-refractivity contribution in [3.8, 4) is 11.3 Å². The van der Waals surface area contributed by atoms with E-state index >= 15 is 0 Å². The van der Waals surface area contributed by atoms with Crippen molar-refractivity contribution >= 4 is 22.7 Å². The molecule has 1 N–H and O–H groups in total. The number of aromatic nitrogens is 5. The Morgan fingerprint density at radius 2 is 1.83 bits per heavy atom. The quantitative estimate of drug-likeness (QED) is 0.551. The molecule has 3 aromatic heterocycles. The first-order valence-electron chi connectivity index (χ1n) is 9.88. The molecule has 0 bridgehead atoms. The normalized spacial score (nSPS) is 14.0. The van der Waals surface area contributed by atoms with Crippen LogP contribution in [0.4, 0.5) is 11.8 Å². The number of hydrogen-bond donors (Lipinski definition) is 1. The van der Waals surface area contributed by atoms with E-state index in [1.807, 2.05) is 42.5 Å². The van der Waals surface area contributed by atoms with Crippen LogP contribution in [0.25, 0.3) is 22.2 Å². The summed E-state index contributed by atoms with van der Waals surface area (Å²) in [7, 11) is 1.75. The fourth-order valence-electron chi connectivity index (χ4n) is 3.67. The van der Waals surface area contributed by atoms with E-state index in [1.165, 1.54) is 0 Å². The zero-order chi connectivity index (χ0) is 20.5. The van der Waals surface area contributed by atoms with Crippen LogP contribution in [0.15, 0.2) is 65.7 Å². The summed E-state index contributed by atoms with van der Waals surface area (Å²) in [6.45, 7) is 2.52. The average Bonchev–Trinajstić information content (AvgIpc) is 2.77. The Kier molecular flexibility index (Phi) is 4.59. The summed E-state index contributed by atoms with van der Waals surface area (Å²) in [5, 5.41) is 12.7. The second-order valence-electron chi connectivity index (χ2n) is 7.48. The number of nitrogens with one attached hydrogen (secondary N) is 1. The Bertz CT molecular complexity index is 1230. The monoisotopic (exact) mass is 399 g/mol. The maximum Gasteiger partial charge on any atom is 0.262 e. The largest absolute Gasteiger partial charge is 0.355 e. The molecule has 0 unspecified atom stereocenters. The zero-order valence-corrected chi connectivity index (χ0v) is 16.6. The van der Waals surface area contributed by atoms with Gasteiger partial charge in [-0.05, 0) is 36.4 Å². The summed E-state index contributed by atoms with van der Waals surface area (Å²) in [5.41, 5.74) is 2.51. The Morgan fingerprint density at radius 3 is 2.60 bits per heavy atom. The molecular formula is C22H21N7O. The predicted molar refractivity (Wildman–Crippen MR) is 116 cm³/mol. The molecular weight excluding hydrogens is 378 g/mol. The molecule has 4 aromatic rings. The lowest BCUT2D eigenvalue weighted by Crippen LogP contribution is -2.50. The number of rotatable bonds is 5. The third-order valence-electron chi connectivity index (χ3n) is 5.44. The van der Waals surface area contributed by atoms with Crippen molar-refractivity contribution in [3.05, 3.63) is 71.3 Å². The van der Waals surface area contributed by atoms with Crippen LogP contribution < -0.4 is 15.8 Å². The first kappa shape index (κ1) is 18.2. The molecule has 0 atom stereocenters. The average molecular weight is 399 g/mol. The van der Waals surface area contributed by atoms with Crippen LogP contribution >= 0.6 is 0 Å². The minimum absolute atomic E-state index is 0.0390. The third-order valence-corrected chi connectivity index (χ3v) is 5.44. The minimum Gasteiger partial charge on any atom is -0.355 e. The molecule has 30 heavy (non-hydrogen) atoms. The van der Waals surface area contributed by atoms with Crippen molar-refractivity contribution in [2.24, 2.45) is 13.0 Å². The summed E-state index contributed by atoms with van der Waals surface area (Å²) >= 11 is 0. The summed E-state index contributed by atoms with van der Waals surface area (Å²) in [6.07, 6.45) is 3.50. The first-order valence-corrected chi connectivity index (χ1v) is 9.88. The van der Waals surface area contributed by atoms with Crippen molar-refractivity contribution in [1.82, 2.24) is 24.7 Å². The van der Waals surface area contributed by atoms with Gasteiger partial charge in [-0.3, -0.25) is 14.3 Å². The molecule has 8 nitrogen and oxygen atoms in total. The van der Waals surface area contributed by atoms with Gasteiger partial charge in [-0.1, -0.05) is 12.1 Å². The van der Waals surface area contributed by atoms with Gasteiger partial charge >= 0.3 is 0 Å². The van der Waals surface area contributed by atoms with Gasteiger partial charge in [-0.25, -0.2) is 4.98 Å². The van der Waals surface area contributed by atoms with E-state index in [9.17, 15) is 4.79 Å². The summed E-state index contributed by atoms with van der Waals surface area (Å²) in [4.78, 5) is 23.3. The summed E-state index contributed by atoms with van der Waals surface area (Å²) in [5.74, 6) is 1.92. The highest BCUT2D eigenvalue weighted by molar-refractivity contribution is 5.78. The smallest absolute Gasteiger partial charge is 0.262 e. The number of nitrogens with zero attached hydrogens (tertiary/aromatic N) is 6. The molecule has 150 valence electrons. The first-order chi connectivity index (χ1) is 14.7. The standard InChI is InChI=1S/C22H21N7O/c1-28-21(30)17-4-2-3-5-19(17)25-22(28)24-12-15-13-29(14-15)20-7-6-18(26-27-20)16-8-10-23-11-9-16/h2-11,15H,12-14H2,1H3,(H,24,25). The topological polar surface area (TPSA) is 88.8 Å². The van der Waals surface area contributed by atoms with Crippen molar-refractivity contribution in [2.45, 2.75) is 0 Å². The molecule has 0 spiro atoms. The number of hydrogen-bond acceptors (Lipinski definition) is 7. The van der Waals surface area contributed by atoms with Crippen molar-refractivity contribution < 1.29 is 0 Å². The van der Waals surface area contributed by atoms with Gasteiger partial charge in [0.2, 0.25) is 5.95 Å². The number of anilines is 2. The van der Waals surface area contributed by atoms with Crippen LogP contribution in [-0.4, -0.2) is 44.4 Å². The second kappa shape index (κ2) is 7.55. The Morgan fingerprint density at radius 1 is 1.03 bits per heavy atom. The molecule has 1 aromatic carbocycles. The van der Waals surface area contributed by atoms with Crippen LogP contribution in [0.5, 0.6) is 0 Å². The molecule has 1 saturated heterocycles. The Labute approximate surface area is 173 Å². The van der Waals surface area contributed by atoms with Crippen molar-refractivity contribution in [2.75, 3.05) is 29.9 Å². The van der Waals surface area contributed by atoms with Crippen LogP contribution in [-0.2, 0) is 7.05 Å². The van der Waals surface area contributed by atoms with Crippen LogP contribution in [0.3, 0.4) is 0 Å². The van der Waals surface area contributed by atoms with Gasteiger partial charge in [0.25, 0.3) is 5.56 Å². The molecule has 0 radical (unpaired) electrons. The molecule has 1 aliphatic heterocycles. The highest BCUT2D eigenvalue weighted by atomic mass is 16.1. The van der Waals surface area contributed by atoms with Gasteiger partial charge in [0.1, 0.15) is 0 Å². The van der Waals surface area contributed by atoms with Crippen LogP contribution in [0.1, 0.15) is 0 Å². The third kappa shape index (κ3) is 3.36. The molecule has 1 aliphatic rings. The number of fused-ring (bicyclic) bond motifs is 1. The van der Waals surface area contributed by atoms with E-state index in [2.05, 4.69) is 30.4 Å². The lowest BCUT2D eigenvalue weighted by molar-refractivity contribution is 0.424. The number of benzene rings is 1. The predicted octanol–water partition coefficient (Wildman–Crippen LogP) is 2.33. The zero-order valence-electron chi connectivity index (χ0n) is 16.6. The Hall–Kier alpha value is -3.81. The highest BCUT2D eigenvalue weighted by Crippen LogP contribution is 2.24. The van der Waals surface area contributed by atoms with E-state index in [-0.39, 0.29) is 5.56 Å². The maximum absolute atomic E-state index is 12.5. The second-order valence-corrected chi connectivity index (χ2v) is 7.48. The molecule has 4 heterocycles. The maximum atomic E-state index is 12.5. The molecule has 0 saturated carbocycles. The molecule has 0 amide bonds. The fraction of sp³-hybridized carbons (Fsp3) is 0.227. The van der Waals surface area contributed by atoms with E-state index in [0.29, 0.717) is 22.8 Å². The van der Waals surface area contributed by atoms with Crippen LogP contribution in [0.2, 0.25) is 0 Å². The minimum atomic E-state index is -0.0390. The van der Waals surface area contributed by atoms with E-state index in [1.54, 1.807) is 30.1 Å². The summed E-state index contributed by atoms with van der Waals surface area (Å²) in [6, 6.07) is 15.2. The lowest BCUT2D eigenvalue weighted by atomic mass is 10.0. The van der Waals surface area contributed by atoms with Gasteiger partial charge in [0, 0.05) is 50.6 Å². The fourth-order valence-corrected chi connectivity index (χ4v) is 3.67. The van der Waals surface area contributed by atoms with Gasteiger partial charge in [0.15, 0.2) is 5.82 Å². The van der Waals surface area contributed by atoms with Gasteiger partial charge in [-0.15, -0.1) is 10.2 Å². The van der Waals surface area contributed by atoms with Gasteiger partial charge in [0.05, 0.1) is 16.6 Å².